The number of aliphatic carboxylic acids is 1. The van der Waals surface area contributed by atoms with Crippen LogP contribution in [0.3, 0.4) is 0 Å². The second-order valence-corrected chi connectivity index (χ2v) is 6.04. The molecule has 4 nitrogen and oxygen atoms in total. The highest BCUT2D eigenvalue weighted by molar-refractivity contribution is 5.80. The number of piperidine rings is 1. The molecule has 2 rings (SSSR count). The molecule has 0 unspecified atom stereocenters. The zero-order chi connectivity index (χ0) is 15.6. The van der Waals surface area contributed by atoms with Crippen LogP contribution in [0.4, 0.5) is 13.2 Å². The van der Waals surface area contributed by atoms with Crippen molar-refractivity contribution in [1.82, 2.24) is 4.90 Å². The van der Waals surface area contributed by atoms with Gasteiger partial charge in [0.2, 0.25) is 5.91 Å². The van der Waals surface area contributed by atoms with Crippen molar-refractivity contribution in [3.8, 4) is 0 Å². The third-order valence-corrected chi connectivity index (χ3v) is 4.64. The summed E-state index contributed by atoms with van der Waals surface area (Å²) in [6.07, 6.45) is -2.07. The van der Waals surface area contributed by atoms with Crippen LogP contribution in [0.5, 0.6) is 0 Å². The van der Waals surface area contributed by atoms with Crippen molar-refractivity contribution >= 4 is 11.9 Å². The monoisotopic (exact) mass is 307 g/mol. The number of rotatable bonds is 2. The number of hydrogen-bond acceptors (Lipinski definition) is 2. The number of carbonyl (C=O) groups is 2. The minimum atomic E-state index is -4.19. The Kier molecular flexibility index (Phi) is 4.78. The van der Waals surface area contributed by atoms with E-state index in [0.29, 0.717) is 25.7 Å². The fraction of sp³-hybridized carbons (Fsp3) is 0.857. The molecule has 21 heavy (non-hydrogen) atoms. The maximum absolute atomic E-state index is 12.6. The number of halogens is 3. The zero-order valence-electron chi connectivity index (χ0n) is 11.7. The summed E-state index contributed by atoms with van der Waals surface area (Å²) in [7, 11) is 0. The number of alkyl halides is 3. The molecule has 1 amide bonds. The summed E-state index contributed by atoms with van der Waals surface area (Å²) < 4.78 is 37.8. The van der Waals surface area contributed by atoms with E-state index < -0.39 is 24.0 Å². The summed E-state index contributed by atoms with van der Waals surface area (Å²) in [5.41, 5.74) is 0. The number of amides is 1. The highest BCUT2D eigenvalue weighted by atomic mass is 19.4. The third kappa shape index (κ3) is 3.89. The summed E-state index contributed by atoms with van der Waals surface area (Å²) in [5, 5.41) is 9.02. The van der Waals surface area contributed by atoms with E-state index >= 15 is 0 Å². The predicted octanol–water partition coefficient (Wildman–Crippen LogP) is 2.68. The minimum Gasteiger partial charge on any atom is -0.481 e. The fourth-order valence-corrected chi connectivity index (χ4v) is 3.32. The van der Waals surface area contributed by atoms with Crippen molar-refractivity contribution in [1.29, 1.82) is 0 Å². The first kappa shape index (κ1) is 16.1. The quantitative estimate of drug-likeness (QED) is 0.853. The summed E-state index contributed by atoms with van der Waals surface area (Å²) in [4.78, 5) is 24.8. The molecule has 1 aliphatic carbocycles. The summed E-state index contributed by atoms with van der Waals surface area (Å²) >= 11 is 0. The number of hydrogen-bond donors (Lipinski definition) is 1. The molecule has 0 aromatic heterocycles. The molecule has 0 radical (unpaired) electrons. The first-order chi connectivity index (χ1) is 9.79. The Morgan fingerprint density at radius 3 is 2.10 bits per heavy atom. The highest BCUT2D eigenvalue weighted by Gasteiger charge is 2.42. The second kappa shape index (κ2) is 6.23. The Morgan fingerprint density at radius 2 is 1.57 bits per heavy atom. The van der Waals surface area contributed by atoms with Crippen molar-refractivity contribution in [3.05, 3.63) is 0 Å². The fourth-order valence-electron chi connectivity index (χ4n) is 3.32. The van der Waals surface area contributed by atoms with E-state index in [4.69, 9.17) is 5.11 Å². The van der Waals surface area contributed by atoms with Gasteiger partial charge >= 0.3 is 12.1 Å². The molecular formula is C14H20F3NO3. The molecule has 1 heterocycles. The van der Waals surface area contributed by atoms with Crippen LogP contribution < -0.4 is 0 Å². The lowest BCUT2D eigenvalue weighted by Crippen LogP contribution is -2.45. The lowest BCUT2D eigenvalue weighted by molar-refractivity contribution is -0.187. The largest absolute Gasteiger partial charge is 0.481 e. The SMILES string of the molecule is O=C(O)[C@@H]1CCC[C@H](C(=O)N2CCC(C(F)(F)F)CC2)C1. The molecule has 2 atom stereocenters. The Labute approximate surface area is 121 Å². The molecule has 0 aromatic rings. The standard InChI is InChI=1S/C14H20F3NO3/c15-14(16,17)11-4-6-18(7-5-11)12(19)9-2-1-3-10(8-9)13(20)21/h9-11H,1-8H2,(H,20,21)/t9-,10+/m0/s1. The van der Waals surface area contributed by atoms with Crippen LogP contribution in [0, 0.1) is 17.8 Å². The van der Waals surface area contributed by atoms with Gasteiger partial charge in [-0.2, -0.15) is 13.2 Å². The van der Waals surface area contributed by atoms with Gasteiger partial charge in [0.1, 0.15) is 0 Å². The maximum Gasteiger partial charge on any atom is 0.391 e. The van der Waals surface area contributed by atoms with Gasteiger partial charge in [0, 0.05) is 19.0 Å². The molecule has 0 bridgehead atoms. The molecule has 120 valence electrons. The van der Waals surface area contributed by atoms with Crippen LogP contribution in [0.25, 0.3) is 0 Å². The van der Waals surface area contributed by atoms with Gasteiger partial charge in [0.05, 0.1) is 11.8 Å². The van der Waals surface area contributed by atoms with E-state index in [1.807, 2.05) is 0 Å². The molecule has 7 heteroatoms. The lowest BCUT2D eigenvalue weighted by Gasteiger charge is -2.36. The molecule has 1 saturated carbocycles. The van der Waals surface area contributed by atoms with E-state index in [-0.39, 0.29) is 37.8 Å². The van der Waals surface area contributed by atoms with Gasteiger partial charge in [-0.15, -0.1) is 0 Å². The summed E-state index contributed by atoms with van der Waals surface area (Å²) in [6, 6.07) is 0. The number of carbonyl (C=O) groups excluding carboxylic acids is 1. The Bertz CT molecular complexity index is 403. The van der Waals surface area contributed by atoms with E-state index in [1.165, 1.54) is 4.90 Å². The van der Waals surface area contributed by atoms with Crippen molar-refractivity contribution in [2.75, 3.05) is 13.1 Å². The van der Waals surface area contributed by atoms with Crippen molar-refractivity contribution in [3.63, 3.8) is 0 Å². The minimum absolute atomic E-state index is 0.0513. The van der Waals surface area contributed by atoms with E-state index in [9.17, 15) is 22.8 Å². The van der Waals surface area contributed by atoms with Crippen LogP contribution in [0.1, 0.15) is 38.5 Å². The topological polar surface area (TPSA) is 57.6 Å². The van der Waals surface area contributed by atoms with Crippen molar-refractivity contribution in [2.45, 2.75) is 44.7 Å². The third-order valence-electron chi connectivity index (χ3n) is 4.64. The van der Waals surface area contributed by atoms with Gasteiger partial charge in [-0.05, 0) is 32.1 Å². The number of carboxylic acids is 1. The highest BCUT2D eigenvalue weighted by Crippen LogP contribution is 2.36. The Morgan fingerprint density at radius 1 is 1.00 bits per heavy atom. The van der Waals surface area contributed by atoms with Gasteiger partial charge in [-0.3, -0.25) is 9.59 Å². The predicted molar refractivity (Wildman–Crippen MR) is 68.4 cm³/mol. The second-order valence-electron chi connectivity index (χ2n) is 6.04. The van der Waals surface area contributed by atoms with Crippen molar-refractivity contribution < 1.29 is 27.9 Å². The number of carboxylic acid groups (broad SMARTS) is 1. The average Bonchev–Trinajstić information content (AvgIpc) is 2.46. The van der Waals surface area contributed by atoms with Gasteiger partial charge in [-0.25, -0.2) is 0 Å². The van der Waals surface area contributed by atoms with Crippen LogP contribution in [0.15, 0.2) is 0 Å². The van der Waals surface area contributed by atoms with E-state index in [0.717, 1.165) is 0 Å². The number of nitrogens with zero attached hydrogens (tertiary/aromatic N) is 1. The summed E-state index contributed by atoms with van der Waals surface area (Å²) in [5.74, 6) is -3.22. The molecular weight excluding hydrogens is 287 g/mol. The number of likely N-dealkylation sites (tertiary alicyclic amines) is 1. The van der Waals surface area contributed by atoms with Gasteiger partial charge in [0.15, 0.2) is 0 Å². The van der Waals surface area contributed by atoms with Gasteiger partial charge in [-0.1, -0.05) is 6.42 Å². The van der Waals surface area contributed by atoms with E-state index in [1.54, 1.807) is 0 Å². The smallest absolute Gasteiger partial charge is 0.391 e. The molecule has 2 aliphatic rings. The van der Waals surface area contributed by atoms with Gasteiger partial charge < -0.3 is 10.0 Å². The zero-order valence-corrected chi connectivity index (χ0v) is 11.7. The first-order valence-corrected chi connectivity index (χ1v) is 7.37. The molecule has 1 N–H and O–H groups in total. The van der Waals surface area contributed by atoms with Crippen LogP contribution in [0.2, 0.25) is 0 Å². The molecule has 0 aromatic carbocycles. The normalized spacial score (nSPS) is 28.4. The molecule has 2 fully saturated rings. The van der Waals surface area contributed by atoms with E-state index in [2.05, 4.69) is 0 Å². The molecule has 1 aliphatic heterocycles. The molecule has 0 spiro atoms. The summed E-state index contributed by atoms with van der Waals surface area (Å²) in [6.45, 7) is 0.245. The average molecular weight is 307 g/mol. The van der Waals surface area contributed by atoms with Gasteiger partial charge in [0.25, 0.3) is 0 Å². The lowest BCUT2D eigenvalue weighted by atomic mass is 9.80. The first-order valence-electron chi connectivity index (χ1n) is 7.37. The van der Waals surface area contributed by atoms with Crippen molar-refractivity contribution in [2.24, 2.45) is 17.8 Å². The van der Waals surface area contributed by atoms with Crippen LogP contribution in [-0.4, -0.2) is 41.1 Å². The Hall–Kier alpha value is -1.27. The van der Waals surface area contributed by atoms with Crippen LogP contribution >= 0.6 is 0 Å². The van der Waals surface area contributed by atoms with Crippen LogP contribution in [-0.2, 0) is 9.59 Å². The Balaban J connectivity index is 1.88. The maximum atomic E-state index is 12.6. The molecule has 1 saturated heterocycles.